The molecule has 0 aromatic carbocycles. The summed E-state index contributed by atoms with van der Waals surface area (Å²) in [6.07, 6.45) is 4.33. The van der Waals surface area contributed by atoms with Crippen molar-refractivity contribution in [1.82, 2.24) is 19.4 Å². The normalized spacial score (nSPS) is 14.5. The number of carbonyl (C=O) groups is 2. The van der Waals surface area contributed by atoms with E-state index in [-0.39, 0.29) is 23.5 Å². The average molecular weight is 438 g/mol. The van der Waals surface area contributed by atoms with Crippen LogP contribution >= 0.6 is 0 Å². The minimum Gasteiger partial charge on any atom is -0.450 e. The summed E-state index contributed by atoms with van der Waals surface area (Å²) in [5, 5.41) is 3.72. The van der Waals surface area contributed by atoms with Gasteiger partial charge in [0.2, 0.25) is 5.91 Å². The van der Waals surface area contributed by atoms with Crippen molar-refractivity contribution in [2.24, 2.45) is 13.0 Å². The third-order valence-electron chi connectivity index (χ3n) is 5.89. The maximum Gasteiger partial charge on any atom is 0.409 e. The fourth-order valence-corrected chi connectivity index (χ4v) is 4.10. The SMILES string of the molecule is CCOC(=O)N1CCC(C(=O)Nc2ccc(C)c(-c3cn(C)c(=O)c4[nH]ccc34)n2)CC1. The maximum absolute atomic E-state index is 12.8. The van der Waals surface area contributed by atoms with Crippen LogP contribution in [0.15, 0.2) is 35.4 Å². The first-order chi connectivity index (χ1) is 15.4. The van der Waals surface area contributed by atoms with Gasteiger partial charge in [-0.15, -0.1) is 0 Å². The van der Waals surface area contributed by atoms with Crippen LogP contribution in [0.25, 0.3) is 22.2 Å². The molecule has 3 aromatic rings. The Balaban J connectivity index is 1.53. The van der Waals surface area contributed by atoms with Gasteiger partial charge in [0.25, 0.3) is 5.56 Å². The molecule has 0 unspecified atom stereocenters. The molecule has 0 aliphatic carbocycles. The first-order valence-electron chi connectivity index (χ1n) is 10.8. The molecule has 0 spiro atoms. The smallest absolute Gasteiger partial charge is 0.409 e. The first kappa shape index (κ1) is 21.6. The molecule has 0 radical (unpaired) electrons. The number of aromatic nitrogens is 3. The Labute approximate surface area is 185 Å². The van der Waals surface area contributed by atoms with Gasteiger partial charge in [0, 0.05) is 49.4 Å². The van der Waals surface area contributed by atoms with Gasteiger partial charge in [0.15, 0.2) is 0 Å². The number of nitrogens with one attached hydrogen (secondary N) is 2. The molecular weight excluding hydrogens is 410 g/mol. The molecule has 3 aromatic heterocycles. The zero-order valence-electron chi connectivity index (χ0n) is 18.5. The van der Waals surface area contributed by atoms with Crippen LogP contribution in [0.2, 0.25) is 0 Å². The van der Waals surface area contributed by atoms with E-state index in [1.165, 1.54) is 4.57 Å². The van der Waals surface area contributed by atoms with Crippen molar-refractivity contribution in [3.63, 3.8) is 0 Å². The van der Waals surface area contributed by atoms with E-state index in [9.17, 15) is 14.4 Å². The summed E-state index contributed by atoms with van der Waals surface area (Å²) in [5.74, 6) is 0.158. The van der Waals surface area contributed by atoms with Crippen molar-refractivity contribution >= 4 is 28.7 Å². The lowest BCUT2D eigenvalue weighted by Gasteiger charge is -2.30. The Morgan fingerprint density at radius 2 is 2.00 bits per heavy atom. The predicted octanol–water partition coefficient (Wildman–Crippen LogP) is 3.04. The fourth-order valence-electron chi connectivity index (χ4n) is 4.10. The molecule has 4 rings (SSSR count). The first-order valence-corrected chi connectivity index (χ1v) is 10.8. The van der Waals surface area contributed by atoms with E-state index in [1.54, 1.807) is 37.3 Å². The van der Waals surface area contributed by atoms with Crippen LogP contribution in [0, 0.1) is 12.8 Å². The fraction of sp³-hybridized carbons (Fsp3) is 0.391. The van der Waals surface area contributed by atoms with Crippen LogP contribution in [-0.2, 0) is 16.6 Å². The largest absolute Gasteiger partial charge is 0.450 e. The molecule has 32 heavy (non-hydrogen) atoms. The number of anilines is 1. The number of ether oxygens (including phenoxy) is 1. The van der Waals surface area contributed by atoms with Gasteiger partial charge in [-0.05, 0) is 44.4 Å². The Kier molecular flexibility index (Phi) is 5.98. The van der Waals surface area contributed by atoms with E-state index >= 15 is 0 Å². The minimum atomic E-state index is -0.329. The van der Waals surface area contributed by atoms with Gasteiger partial charge in [-0.1, -0.05) is 6.07 Å². The third-order valence-corrected chi connectivity index (χ3v) is 5.89. The van der Waals surface area contributed by atoms with Crippen molar-refractivity contribution in [2.75, 3.05) is 25.0 Å². The topological polar surface area (TPSA) is 109 Å². The summed E-state index contributed by atoms with van der Waals surface area (Å²) in [7, 11) is 1.70. The van der Waals surface area contributed by atoms with Gasteiger partial charge in [0.05, 0.1) is 12.3 Å². The highest BCUT2D eigenvalue weighted by molar-refractivity contribution is 5.95. The number of amides is 2. The second-order valence-electron chi connectivity index (χ2n) is 8.04. The molecule has 0 bridgehead atoms. The lowest BCUT2D eigenvalue weighted by molar-refractivity contribution is -0.121. The van der Waals surface area contributed by atoms with Crippen LogP contribution in [0.1, 0.15) is 25.3 Å². The molecule has 1 saturated heterocycles. The zero-order valence-corrected chi connectivity index (χ0v) is 18.5. The van der Waals surface area contributed by atoms with Gasteiger partial charge >= 0.3 is 6.09 Å². The third kappa shape index (κ3) is 4.10. The van der Waals surface area contributed by atoms with Crippen LogP contribution in [0.3, 0.4) is 0 Å². The van der Waals surface area contributed by atoms with Crippen molar-refractivity contribution in [1.29, 1.82) is 0 Å². The van der Waals surface area contributed by atoms with Crippen LogP contribution in [0.5, 0.6) is 0 Å². The molecule has 1 fully saturated rings. The summed E-state index contributed by atoms with van der Waals surface area (Å²) in [4.78, 5) is 46.4. The number of rotatable bonds is 4. The van der Waals surface area contributed by atoms with Gasteiger partial charge < -0.3 is 24.5 Å². The summed E-state index contributed by atoms with van der Waals surface area (Å²) < 4.78 is 6.56. The van der Waals surface area contributed by atoms with Crippen molar-refractivity contribution < 1.29 is 14.3 Å². The molecule has 168 valence electrons. The highest BCUT2D eigenvalue weighted by Gasteiger charge is 2.28. The van der Waals surface area contributed by atoms with Crippen LogP contribution in [-0.4, -0.2) is 51.1 Å². The van der Waals surface area contributed by atoms with Gasteiger partial charge in [-0.2, -0.15) is 0 Å². The Morgan fingerprint density at radius 1 is 1.25 bits per heavy atom. The number of hydrogen-bond acceptors (Lipinski definition) is 5. The number of aromatic amines is 1. The highest BCUT2D eigenvalue weighted by atomic mass is 16.6. The number of likely N-dealkylation sites (tertiary alicyclic amines) is 1. The number of nitrogens with zero attached hydrogens (tertiary/aromatic N) is 3. The van der Waals surface area contributed by atoms with Gasteiger partial charge in [-0.25, -0.2) is 9.78 Å². The number of piperidine rings is 1. The predicted molar refractivity (Wildman–Crippen MR) is 121 cm³/mol. The molecule has 0 saturated carbocycles. The summed E-state index contributed by atoms with van der Waals surface area (Å²) in [5.41, 5.74) is 2.88. The number of fused-ring (bicyclic) bond motifs is 1. The molecule has 2 amide bonds. The van der Waals surface area contributed by atoms with Crippen molar-refractivity contribution in [3.05, 3.63) is 46.5 Å². The molecule has 4 heterocycles. The molecular formula is C23H27N5O4. The van der Waals surface area contributed by atoms with E-state index in [2.05, 4.69) is 10.3 Å². The Bertz CT molecular complexity index is 1220. The number of hydrogen-bond donors (Lipinski definition) is 2. The van der Waals surface area contributed by atoms with Gasteiger partial charge in [-0.3, -0.25) is 9.59 Å². The van der Waals surface area contributed by atoms with E-state index in [0.717, 1.165) is 16.5 Å². The molecule has 1 aliphatic heterocycles. The van der Waals surface area contributed by atoms with Crippen molar-refractivity contribution in [3.8, 4) is 11.3 Å². The second-order valence-corrected chi connectivity index (χ2v) is 8.04. The summed E-state index contributed by atoms with van der Waals surface area (Å²) in [6.45, 7) is 5.05. The molecule has 2 N–H and O–H groups in total. The summed E-state index contributed by atoms with van der Waals surface area (Å²) >= 11 is 0. The molecule has 9 heteroatoms. The van der Waals surface area contributed by atoms with Crippen LogP contribution < -0.4 is 10.9 Å². The van der Waals surface area contributed by atoms with E-state index in [1.807, 2.05) is 19.1 Å². The number of aryl methyl sites for hydroxylation is 2. The Hall–Kier alpha value is -3.62. The van der Waals surface area contributed by atoms with Gasteiger partial charge in [0.1, 0.15) is 11.3 Å². The number of carbonyl (C=O) groups excluding carboxylic acids is 2. The zero-order chi connectivity index (χ0) is 22.8. The second kappa shape index (κ2) is 8.86. The quantitative estimate of drug-likeness (QED) is 0.652. The monoisotopic (exact) mass is 437 g/mol. The number of H-pyrrole nitrogens is 1. The lowest BCUT2D eigenvalue weighted by Crippen LogP contribution is -2.41. The summed E-state index contributed by atoms with van der Waals surface area (Å²) in [6, 6.07) is 5.54. The van der Waals surface area contributed by atoms with Crippen LogP contribution in [0.4, 0.5) is 10.6 Å². The lowest BCUT2D eigenvalue weighted by atomic mass is 9.96. The van der Waals surface area contributed by atoms with Crippen molar-refractivity contribution in [2.45, 2.75) is 26.7 Å². The average Bonchev–Trinajstić information content (AvgIpc) is 3.28. The minimum absolute atomic E-state index is 0.106. The molecule has 0 atom stereocenters. The Morgan fingerprint density at radius 3 is 2.72 bits per heavy atom. The van der Waals surface area contributed by atoms with E-state index in [0.29, 0.717) is 49.6 Å². The highest BCUT2D eigenvalue weighted by Crippen LogP contribution is 2.29. The van der Waals surface area contributed by atoms with E-state index in [4.69, 9.17) is 9.72 Å². The molecule has 9 nitrogen and oxygen atoms in total. The van der Waals surface area contributed by atoms with E-state index < -0.39 is 0 Å². The molecule has 1 aliphatic rings. The maximum atomic E-state index is 12.8. The number of pyridine rings is 2. The standard InChI is InChI=1S/C23H27N5O4/c1-4-32-23(31)28-11-8-15(9-12-28)21(29)26-18-6-5-14(2)19(25-18)17-13-27(3)22(30)20-16(17)7-10-24-20/h5-7,10,13,15,24H,4,8-9,11-12H2,1-3H3,(H,25,26,29).